The van der Waals surface area contributed by atoms with Crippen molar-refractivity contribution in [2.45, 2.75) is 0 Å². The number of nitrogens with zero attached hydrogens (tertiary/aromatic N) is 4. The molecule has 2 heterocycles. The molecule has 0 aliphatic heterocycles. The first kappa shape index (κ1) is 9.66. The number of carbonyl (C=O) groups is 1. The maximum atomic E-state index is 10.8. The lowest BCUT2D eigenvalue weighted by Crippen LogP contribution is -2.00. The Labute approximate surface area is 87.4 Å². The van der Waals surface area contributed by atoms with E-state index in [4.69, 9.17) is 16.1 Å². The van der Waals surface area contributed by atoms with E-state index in [9.17, 15) is 4.79 Å². The van der Waals surface area contributed by atoms with Crippen molar-refractivity contribution in [2.75, 3.05) is 5.73 Å². The molecule has 0 fully saturated rings. The average Bonchev–Trinajstić information content (AvgIpc) is 2.82. The smallest absolute Gasteiger partial charge is 0.360 e. The molecular formula is C7H4N6O3. The number of H-pyrrole nitrogens is 1. The minimum absolute atomic E-state index is 0.00167. The van der Waals surface area contributed by atoms with Gasteiger partial charge in [0.2, 0.25) is 5.69 Å². The molecule has 16 heavy (non-hydrogen) atoms. The van der Waals surface area contributed by atoms with E-state index in [1.807, 2.05) is 0 Å². The number of anilines is 1. The third-order valence-electron chi connectivity index (χ3n) is 1.83. The van der Waals surface area contributed by atoms with Gasteiger partial charge in [-0.1, -0.05) is 0 Å². The van der Waals surface area contributed by atoms with Crippen molar-refractivity contribution in [3.8, 4) is 17.5 Å². The second-order valence-electron chi connectivity index (χ2n) is 2.74. The fourth-order valence-corrected chi connectivity index (χ4v) is 1.13. The number of hydrogen-bond donors (Lipinski definition) is 3. The van der Waals surface area contributed by atoms with Crippen LogP contribution in [0.15, 0.2) is 4.63 Å². The molecule has 0 saturated heterocycles. The lowest BCUT2D eigenvalue weighted by Gasteiger charge is -1.91. The third kappa shape index (κ3) is 1.25. The average molecular weight is 220 g/mol. The Morgan fingerprint density at radius 3 is 2.94 bits per heavy atom. The lowest BCUT2D eigenvalue weighted by molar-refractivity contribution is 0.0685. The molecule has 0 amide bonds. The van der Waals surface area contributed by atoms with Crippen LogP contribution in [0.5, 0.6) is 0 Å². The summed E-state index contributed by atoms with van der Waals surface area (Å²) in [5, 5.41) is 30.1. The summed E-state index contributed by atoms with van der Waals surface area (Å²) in [5.74, 6) is -1.37. The molecule has 0 aromatic carbocycles. The summed E-state index contributed by atoms with van der Waals surface area (Å²) in [4.78, 5) is 10.8. The zero-order valence-corrected chi connectivity index (χ0v) is 7.63. The molecule has 9 nitrogen and oxygen atoms in total. The molecule has 0 aliphatic rings. The highest BCUT2D eigenvalue weighted by Crippen LogP contribution is 2.24. The minimum atomic E-state index is -1.33. The van der Waals surface area contributed by atoms with Gasteiger partial charge >= 0.3 is 5.97 Å². The number of rotatable bonds is 2. The Morgan fingerprint density at radius 2 is 2.31 bits per heavy atom. The number of nitriles is 1. The monoisotopic (exact) mass is 220 g/mol. The van der Waals surface area contributed by atoms with Crippen molar-refractivity contribution in [1.82, 2.24) is 20.5 Å². The number of hydrogen-bond acceptors (Lipinski definition) is 7. The van der Waals surface area contributed by atoms with Crippen molar-refractivity contribution in [3.63, 3.8) is 0 Å². The summed E-state index contributed by atoms with van der Waals surface area (Å²) in [6.07, 6.45) is 0. The van der Waals surface area contributed by atoms with E-state index in [1.54, 1.807) is 6.07 Å². The molecule has 0 saturated carbocycles. The number of nitrogens with one attached hydrogen (secondary N) is 1. The molecule has 2 rings (SSSR count). The van der Waals surface area contributed by atoms with Gasteiger partial charge in [0.15, 0.2) is 11.5 Å². The first-order valence-electron chi connectivity index (χ1n) is 3.95. The second kappa shape index (κ2) is 3.35. The number of aromatic carboxylic acids is 1. The van der Waals surface area contributed by atoms with E-state index in [0.717, 1.165) is 0 Å². The van der Waals surface area contributed by atoms with E-state index >= 15 is 0 Å². The van der Waals surface area contributed by atoms with Crippen LogP contribution in [-0.4, -0.2) is 31.6 Å². The van der Waals surface area contributed by atoms with Crippen molar-refractivity contribution < 1.29 is 14.5 Å². The number of carboxylic acids is 1. The van der Waals surface area contributed by atoms with Crippen molar-refractivity contribution >= 4 is 11.8 Å². The van der Waals surface area contributed by atoms with Crippen LogP contribution in [0.3, 0.4) is 0 Å². The van der Waals surface area contributed by atoms with E-state index in [-0.39, 0.29) is 22.8 Å². The molecule has 0 spiro atoms. The molecule has 0 unspecified atom stereocenters. The van der Waals surface area contributed by atoms with Crippen LogP contribution in [0.4, 0.5) is 5.82 Å². The Hall–Kier alpha value is -2.89. The van der Waals surface area contributed by atoms with E-state index in [1.165, 1.54) is 0 Å². The van der Waals surface area contributed by atoms with Gasteiger partial charge in [-0.25, -0.2) is 9.42 Å². The second-order valence-corrected chi connectivity index (χ2v) is 2.74. The molecule has 0 radical (unpaired) electrons. The SMILES string of the molecule is N#Cc1c(N)n[nH]c1-c1nonc1C(=O)O. The maximum absolute atomic E-state index is 10.8. The van der Waals surface area contributed by atoms with Crippen LogP contribution in [-0.2, 0) is 0 Å². The highest BCUT2D eigenvalue weighted by molar-refractivity contribution is 5.92. The van der Waals surface area contributed by atoms with Gasteiger partial charge in [0.25, 0.3) is 0 Å². The van der Waals surface area contributed by atoms with Gasteiger partial charge < -0.3 is 10.8 Å². The standard InChI is InChI=1S/C7H4N6O3/c8-1-2-3(10-11-6(2)9)4-5(7(14)15)13-16-12-4/h(H,14,15)(H3,9,10,11). The molecule has 4 N–H and O–H groups in total. The molecule has 80 valence electrons. The van der Waals surface area contributed by atoms with Gasteiger partial charge in [-0.3, -0.25) is 5.10 Å². The van der Waals surface area contributed by atoms with E-state index in [2.05, 4.69) is 25.1 Å². The van der Waals surface area contributed by atoms with Gasteiger partial charge in [-0.2, -0.15) is 10.4 Å². The molecule has 0 bridgehead atoms. The fourth-order valence-electron chi connectivity index (χ4n) is 1.13. The minimum Gasteiger partial charge on any atom is -0.476 e. The molecule has 9 heteroatoms. The summed E-state index contributed by atoms with van der Waals surface area (Å²) in [5.41, 5.74) is 4.93. The fraction of sp³-hybridized carbons (Fsp3) is 0. The van der Waals surface area contributed by atoms with Crippen LogP contribution in [0.25, 0.3) is 11.4 Å². The van der Waals surface area contributed by atoms with Crippen LogP contribution < -0.4 is 5.73 Å². The van der Waals surface area contributed by atoms with Gasteiger partial charge in [-0.05, 0) is 10.3 Å². The van der Waals surface area contributed by atoms with E-state index < -0.39 is 11.7 Å². The Kier molecular flexibility index (Phi) is 2.02. The van der Waals surface area contributed by atoms with Crippen molar-refractivity contribution in [2.24, 2.45) is 0 Å². The predicted molar refractivity (Wildman–Crippen MR) is 48.0 cm³/mol. The highest BCUT2D eigenvalue weighted by atomic mass is 16.6. The summed E-state index contributed by atoms with van der Waals surface area (Å²) in [6, 6.07) is 1.78. The summed E-state index contributed by atoms with van der Waals surface area (Å²) >= 11 is 0. The molecule has 2 aromatic heterocycles. The van der Waals surface area contributed by atoms with Gasteiger partial charge in [-0.15, -0.1) is 0 Å². The molecule has 0 atom stereocenters. The maximum Gasteiger partial charge on any atom is 0.360 e. The van der Waals surface area contributed by atoms with Crippen LogP contribution in [0.2, 0.25) is 0 Å². The zero-order chi connectivity index (χ0) is 11.7. The van der Waals surface area contributed by atoms with Gasteiger partial charge in [0.1, 0.15) is 17.3 Å². The van der Waals surface area contributed by atoms with Crippen LogP contribution >= 0.6 is 0 Å². The molecule has 2 aromatic rings. The Balaban J connectivity index is 2.64. The number of nitrogen functional groups attached to an aromatic ring is 1. The number of aromatic amines is 1. The first-order chi connectivity index (χ1) is 7.65. The summed E-state index contributed by atoms with van der Waals surface area (Å²) in [7, 11) is 0. The van der Waals surface area contributed by atoms with Gasteiger partial charge in [0, 0.05) is 0 Å². The Morgan fingerprint density at radius 1 is 1.56 bits per heavy atom. The quantitative estimate of drug-likeness (QED) is 0.617. The van der Waals surface area contributed by atoms with Gasteiger partial charge in [0.05, 0.1) is 0 Å². The van der Waals surface area contributed by atoms with Crippen molar-refractivity contribution in [1.29, 1.82) is 5.26 Å². The number of nitrogens with two attached hydrogens (primary N) is 1. The zero-order valence-electron chi connectivity index (χ0n) is 7.63. The normalized spacial score (nSPS) is 9.94. The number of aromatic nitrogens is 4. The van der Waals surface area contributed by atoms with Crippen molar-refractivity contribution in [3.05, 3.63) is 11.3 Å². The van der Waals surface area contributed by atoms with Crippen LogP contribution in [0.1, 0.15) is 16.1 Å². The summed E-state index contributed by atoms with van der Waals surface area (Å²) in [6.45, 7) is 0. The lowest BCUT2D eigenvalue weighted by atomic mass is 10.1. The number of carboxylic acid groups (broad SMARTS) is 1. The third-order valence-corrected chi connectivity index (χ3v) is 1.83. The topological polar surface area (TPSA) is 155 Å². The molecular weight excluding hydrogens is 216 g/mol. The van der Waals surface area contributed by atoms with E-state index in [0.29, 0.717) is 0 Å². The Bertz CT molecular complexity index is 592. The molecule has 0 aliphatic carbocycles. The first-order valence-corrected chi connectivity index (χ1v) is 3.95. The predicted octanol–water partition coefficient (Wildman–Crippen LogP) is -0.388. The van der Waals surface area contributed by atoms with Crippen LogP contribution in [0, 0.1) is 11.3 Å². The highest BCUT2D eigenvalue weighted by Gasteiger charge is 2.24. The summed E-state index contributed by atoms with van der Waals surface area (Å²) < 4.78 is 4.29. The largest absolute Gasteiger partial charge is 0.476 e.